The molecule has 3 heterocycles. The fourth-order valence-corrected chi connectivity index (χ4v) is 2.46. The molecule has 0 radical (unpaired) electrons. The highest BCUT2D eigenvalue weighted by molar-refractivity contribution is 5.79. The molecule has 0 spiro atoms. The Labute approximate surface area is 94.7 Å². The zero-order chi connectivity index (χ0) is 11.0. The van der Waals surface area contributed by atoms with Crippen molar-refractivity contribution < 1.29 is 0 Å². The minimum atomic E-state index is 0.530. The maximum Gasteiger partial charge on any atom is 0.163 e. The van der Waals surface area contributed by atoms with Gasteiger partial charge in [-0.05, 0) is 37.9 Å². The van der Waals surface area contributed by atoms with E-state index in [2.05, 4.69) is 39.3 Å². The van der Waals surface area contributed by atoms with Crippen LogP contribution in [0.3, 0.4) is 0 Å². The lowest BCUT2D eigenvalue weighted by molar-refractivity contribution is 0.377. The van der Waals surface area contributed by atoms with Gasteiger partial charge in [0.15, 0.2) is 5.65 Å². The fourth-order valence-electron chi connectivity index (χ4n) is 2.46. The molecule has 1 fully saturated rings. The van der Waals surface area contributed by atoms with E-state index in [4.69, 9.17) is 0 Å². The van der Waals surface area contributed by atoms with Gasteiger partial charge in [0, 0.05) is 24.2 Å². The first kappa shape index (κ1) is 9.78. The van der Waals surface area contributed by atoms with Gasteiger partial charge in [0.1, 0.15) is 0 Å². The van der Waals surface area contributed by atoms with Gasteiger partial charge >= 0.3 is 0 Å². The highest BCUT2D eigenvalue weighted by Gasteiger charge is 2.17. The van der Waals surface area contributed by atoms with E-state index >= 15 is 0 Å². The van der Waals surface area contributed by atoms with Gasteiger partial charge in [-0.15, -0.1) is 5.10 Å². The zero-order valence-corrected chi connectivity index (χ0v) is 9.48. The first-order valence-electron chi connectivity index (χ1n) is 5.86. The van der Waals surface area contributed by atoms with Gasteiger partial charge in [0.05, 0.1) is 6.20 Å². The molecule has 0 aromatic carbocycles. The van der Waals surface area contributed by atoms with E-state index in [9.17, 15) is 0 Å². The second kappa shape index (κ2) is 3.87. The number of fused-ring (bicyclic) bond motifs is 1. The van der Waals surface area contributed by atoms with E-state index in [1.54, 1.807) is 0 Å². The van der Waals surface area contributed by atoms with Crippen LogP contribution in [0.2, 0.25) is 0 Å². The molecule has 1 aliphatic rings. The highest BCUT2D eigenvalue weighted by Crippen LogP contribution is 2.23. The van der Waals surface area contributed by atoms with Crippen LogP contribution >= 0.6 is 0 Å². The molecule has 1 N–H and O–H groups in total. The van der Waals surface area contributed by atoms with Gasteiger partial charge in [-0.2, -0.15) is 5.10 Å². The maximum atomic E-state index is 4.26. The largest absolute Gasteiger partial charge is 0.327 e. The molecular weight excluding hydrogens is 200 g/mol. The molecule has 16 heavy (non-hydrogen) atoms. The molecule has 2 aromatic heterocycles. The normalized spacial score (nSPS) is 21.4. The molecule has 4 nitrogen and oxygen atoms in total. The lowest BCUT2D eigenvalue weighted by Crippen LogP contribution is -2.31. The van der Waals surface area contributed by atoms with Gasteiger partial charge in [-0.3, -0.25) is 0 Å². The number of aryl methyl sites for hydroxylation is 1. The Morgan fingerprint density at radius 1 is 1.50 bits per heavy atom. The summed E-state index contributed by atoms with van der Waals surface area (Å²) in [5, 5.41) is 13.0. The predicted octanol–water partition coefficient (Wildman–Crippen LogP) is 1.66. The van der Waals surface area contributed by atoms with Crippen molar-refractivity contribution in [2.24, 2.45) is 0 Å². The molecule has 1 aliphatic heterocycles. The van der Waals surface area contributed by atoms with E-state index < -0.39 is 0 Å². The van der Waals surface area contributed by atoms with Gasteiger partial charge in [-0.25, -0.2) is 0 Å². The number of nitrogens with one attached hydrogen (secondary N) is 1. The van der Waals surface area contributed by atoms with E-state index in [-0.39, 0.29) is 0 Å². The van der Waals surface area contributed by atoms with Crippen LogP contribution in [-0.2, 0) is 0 Å². The van der Waals surface area contributed by atoms with Crippen molar-refractivity contribution in [3.8, 4) is 0 Å². The first-order valence-corrected chi connectivity index (χ1v) is 5.86. The molecule has 0 bridgehead atoms. The Bertz CT molecular complexity index is 497. The fraction of sp³-hybridized carbons (Fsp3) is 0.500. The lowest BCUT2D eigenvalue weighted by Gasteiger charge is -2.24. The summed E-state index contributed by atoms with van der Waals surface area (Å²) in [6.45, 7) is 4.26. The van der Waals surface area contributed by atoms with Crippen molar-refractivity contribution in [1.82, 2.24) is 20.1 Å². The first-order chi connectivity index (χ1) is 7.86. The van der Waals surface area contributed by atoms with Gasteiger partial charge in [-0.1, -0.05) is 0 Å². The number of nitrogens with zero attached hydrogens (tertiary/aromatic N) is 3. The summed E-state index contributed by atoms with van der Waals surface area (Å²) in [6, 6.07) is 2.68. The number of piperidine rings is 1. The van der Waals surface area contributed by atoms with Crippen LogP contribution in [0.25, 0.3) is 11.0 Å². The summed E-state index contributed by atoms with van der Waals surface area (Å²) >= 11 is 0. The Hall–Kier alpha value is -1.42. The standard InChI is InChI=1S/C12H16N4/c1-9-7-14-15-12-11(9)4-6-16(12)10-3-2-5-13-8-10/h4,6-7,10,13H,2-3,5,8H2,1H3. The third kappa shape index (κ3) is 1.50. The third-order valence-electron chi connectivity index (χ3n) is 3.38. The minimum Gasteiger partial charge on any atom is -0.327 e. The van der Waals surface area contributed by atoms with Crippen LogP contribution in [0.5, 0.6) is 0 Å². The molecule has 0 aliphatic carbocycles. The number of hydrogen-bond donors (Lipinski definition) is 1. The smallest absolute Gasteiger partial charge is 0.163 e. The highest BCUT2D eigenvalue weighted by atomic mass is 15.2. The van der Waals surface area contributed by atoms with Crippen LogP contribution in [0.4, 0.5) is 0 Å². The molecule has 0 amide bonds. The number of hydrogen-bond acceptors (Lipinski definition) is 3. The van der Waals surface area contributed by atoms with Crippen molar-refractivity contribution in [3.63, 3.8) is 0 Å². The Balaban J connectivity index is 2.06. The molecule has 4 heteroatoms. The zero-order valence-electron chi connectivity index (χ0n) is 9.48. The summed E-state index contributed by atoms with van der Waals surface area (Å²) in [6.07, 6.45) is 6.44. The third-order valence-corrected chi connectivity index (χ3v) is 3.38. The van der Waals surface area contributed by atoms with Gasteiger partial charge in [0.25, 0.3) is 0 Å². The summed E-state index contributed by atoms with van der Waals surface area (Å²) in [5.41, 5.74) is 2.22. The topological polar surface area (TPSA) is 42.7 Å². The maximum absolute atomic E-state index is 4.26. The van der Waals surface area contributed by atoms with Crippen LogP contribution in [0.15, 0.2) is 18.5 Å². The van der Waals surface area contributed by atoms with Crippen LogP contribution in [-0.4, -0.2) is 27.9 Å². The summed E-state index contributed by atoms with van der Waals surface area (Å²) in [4.78, 5) is 0. The van der Waals surface area contributed by atoms with Crippen molar-refractivity contribution >= 4 is 11.0 Å². The Kier molecular flexibility index (Phi) is 2.36. The van der Waals surface area contributed by atoms with Crippen molar-refractivity contribution in [2.75, 3.05) is 13.1 Å². The minimum absolute atomic E-state index is 0.530. The SMILES string of the molecule is Cc1cnnc2c1ccn2C1CCCNC1. The lowest BCUT2D eigenvalue weighted by atomic mass is 10.1. The average molecular weight is 216 g/mol. The molecule has 1 atom stereocenters. The summed E-state index contributed by atoms with van der Waals surface area (Å²) < 4.78 is 2.27. The average Bonchev–Trinajstić information content (AvgIpc) is 2.75. The Morgan fingerprint density at radius 3 is 3.25 bits per heavy atom. The quantitative estimate of drug-likeness (QED) is 0.788. The summed E-state index contributed by atoms with van der Waals surface area (Å²) in [7, 11) is 0. The van der Waals surface area contributed by atoms with E-state index in [0.717, 1.165) is 18.7 Å². The summed E-state index contributed by atoms with van der Waals surface area (Å²) in [5.74, 6) is 0. The van der Waals surface area contributed by atoms with E-state index in [0.29, 0.717) is 6.04 Å². The molecular formula is C12H16N4. The predicted molar refractivity (Wildman–Crippen MR) is 63.4 cm³/mol. The molecule has 84 valence electrons. The van der Waals surface area contributed by atoms with Crippen LogP contribution in [0, 0.1) is 6.92 Å². The van der Waals surface area contributed by atoms with Crippen molar-refractivity contribution in [3.05, 3.63) is 24.0 Å². The molecule has 2 aromatic rings. The second-order valence-corrected chi connectivity index (χ2v) is 4.49. The Morgan fingerprint density at radius 2 is 2.44 bits per heavy atom. The number of aromatic nitrogens is 3. The molecule has 1 unspecified atom stereocenters. The van der Waals surface area contributed by atoms with E-state index in [1.165, 1.54) is 23.8 Å². The van der Waals surface area contributed by atoms with Gasteiger partial charge < -0.3 is 9.88 Å². The van der Waals surface area contributed by atoms with Crippen molar-refractivity contribution in [1.29, 1.82) is 0 Å². The van der Waals surface area contributed by atoms with E-state index in [1.807, 2.05) is 6.20 Å². The number of rotatable bonds is 1. The van der Waals surface area contributed by atoms with Crippen LogP contribution in [0.1, 0.15) is 24.4 Å². The monoisotopic (exact) mass is 216 g/mol. The van der Waals surface area contributed by atoms with Crippen LogP contribution < -0.4 is 5.32 Å². The van der Waals surface area contributed by atoms with Gasteiger partial charge in [0.2, 0.25) is 0 Å². The molecule has 3 rings (SSSR count). The second-order valence-electron chi connectivity index (χ2n) is 4.49. The molecule has 0 saturated carbocycles. The van der Waals surface area contributed by atoms with Crippen molar-refractivity contribution in [2.45, 2.75) is 25.8 Å². The molecule has 1 saturated heterocycles.